The molecule has 2 heterocycles. The number of phenols is 1. The van der Waals surface area contributed by atoms with Crippen LogP contribution < -0.4 is 4.74 Å². The summed E-state index contributed by atoms with van der Waals surface area (Å²) >= 11 is 0. The highest BCUT2D eigenvalue weighted by molar-refractivity contribution is 5.83. The van der Waals surface area contributed by atoms with Gasteiger partial charge in [-0.15, -0.1) is 0 Å². The van der Waals surface area contributed by atoms with Crippen LogP contribution in [0.3, 0.4) is 0 Å². The first-order chi connectivity index (χ1) is 17.1. The van der Waals surface area contributed by atoms with Crippen LogP contribution >= 0.6 is 0 Å². The zero-order valence-corrected chi connectivity index (χ0v) is 20.7. The van der Waals surface area contributed by atoms with Crippen molar-refractivity contribution in [3.8, 4) is 11.5 Å². The van der Waals surface area contributed by atoms with E-state index in [0.29, 0.717) is 18.2 Å². The van der Waals surface area contributed by atoms with Crippen LogP contribution in [0.15, 0.2) is 54.6 Å². The van der Waals surface area contributed by atoms with Crippen molar-refractivity contribution < 1.29 is 14.6 Å². The molecule has 1 saturated carbocycles. The smallest absolute Gasteiger partial charge is 0.226 e. The third-order valence-corrected chi connectivity index (χ3v) is 8.21. The average Bonchev–Trinajstić information content (AvgIpc) is 3.60. The number of hydrogen-bond donors (Lipinski definition) is 1. The lowest BCUT2D eigenvalue weighted by atomic mass is 9.90. The Labute approximate surface area is 208 Å². The van der Waals surface area contributed by atoms with Crippen LogP contribution in [0.1, 0.15) is 30.4 Å². The molecule has 6 heteroatoms. The molecule has 0 aromatic heterocycles. The number of amides is 1. The molecule has 186 valence electrons. The van der Waals surface area contributed by atoms with E-state index in [0.717, 1.165) is 76.4 Å². The average molecular weight is 476 g/mol. The molecule has 2 aliphatic heterocycles. The third-order valence-electron chi connectivity index (χ3n) is 8.21. The lowest BCUT2D eigenvalue weighted by Crippen LogP contribution is -2.49. The molecule has 0 bridgehead atoms. The number of likely N-dealkylation sites (tertiary alicyclic amines) is 1. The Morgan fingerprint density at radius 3 is 2.46 bits per heavy atom. The summed E-state index contributed by atoms with van der Waals surface area (Å²) in [5.41, 5.74) is 2.28. The van der Waals surface area contributed by atoms with E-state index >= 15 is 0 Å². The number of benzene rings is 2. The van der Waals surface area contributed by atoms with Gasteiger partial charge in [0.25, 0.3) is 0 Å². The highest BCUT2D eigenvalue weighted by Gasteiger charge is 2.59. The molecule has 3 fully saturated rings. The second-order valence-corrected chi connectivity index (χ2v) is 10.3. The second-order valence-electron chi connectivity index (χ2n) is 10.3. The fourth-order valence-electron chi connectivity index (χ4n) is 5.81. The summed E-state index contributed by atoms with van der Waals surface area (Å²) in [5, 5.41) is 10.3. The van der Waals surface area contributed by atoms with Gasteiger partial charge in [-0.1, -0.05) is 48.6 Å². The molecule has 2 aromatic rings. The van der Waals surface area contributed by atoms with Crippen molar-refractivity contribution in [2.45, 2.75) is 25.8 Å². The fraction of sp³-hybridized carbons (Fsp3) is 0.483. The third kappa shape index (κ3) is 5.39. The summed E-state index contributed by atoms with van der Waals surface area (Å²) in [7, 11) is 1.64. The Bertz CT molecular complexity index is 1040. The SMILES string of the molecule is COc1cccc(O)c1CN1CCC2(CC1)CC2C(=O)N1CCN(C/C=C/c2ccccc2)CC1. The Morgan fingerprint density at radius 2 is 1.74 bits per heavy atom. The quantitative estimate of drug-likeness (QED) is 0.659. The standard InChI is InChI=1S/C29H37N3O3/c1-35-27-11-5-10-26(33)24(27)22-31-15-12-29(13-16-31)21-25(29)28(34)32-19-17-30(18-20-32)14-6-9-23-7-3-2-4-8-23/h2-11,25,33H,12-22H2,1H3/b9-6+. The number of hydrogen-bond acceptors (Lipinski definition) is 5. The Hall–Kier alpha value is -2.83. The van der Waals surface area contributed by atoms with Gasteiger partial charge in [-0.3, -0.25) is 14.6 Å². The number of phenolic OH excluding ortho intramolecular Hbond substituents is 1. The van der Waals surface area contributed by atoms with Crippen LogP contribution in [0.4, 0.5) is 0 Å². The number of carbonyl (C=O) groups excluding carboxylic acids is 1. The van der Waals surface area contributed by atoms with Gasteiger partial charge < -0.3 is 14.7 Å². The van der Waals surface area contributed by atoms with Crippen molar-refractivity contribution in [3.05, 3.63) is 65.7 Å². The van der Waals surface area contributed by atoms with Crippen LogP contribution in [0, 0.1) is 11.3 Å². The van der Waals surface area contributed by atoms with Crippen molar-refractivity contribution in [2.24, 2.45) is 11.3 Å². The number of piperidine rings is 1. The number of rotatable bonds is 7. The summed E-state index contributed by atoms with van der Waals surface area (Å²) in [6.07, 6.45) is 7.56. The zero-order valence-electron chi connectivity index (χ0n) is 20.7. The molecule has 1 atom stereocenters. The van der Waals surface area contributed by atoms with Gasteiger partial charge in [0, 0.05) is 50.7 Å². The number of carbonyl (C=O) groups is 1. The van der Waals surface area contributed by atoms with E-state index in [1.54, 1.807) is 13.2 Å². The maximum absolute atomic E-state index is 13.3. The molecule has 1 aliphatic carbocycles. The highest BCUT2D eigenvalue weighted by Crippen LogP contribution is 2.60. The molecule has 0 radical (unpaired) electrons. The molecule has 1 N–H and O–H groups in total. The summed E-state index contributed by atoms with van der Waals surface area (Å²) in [5.74, 6) is 1.60. The van der Waals surface area contributed by atoms with Crippen molar-refractivity contribution >= 4 is 12.0 Å². The van der Waals surface area contributed by atoms with Crippen LogP contribution in [0.2, 0.25) is 0 Å². The van der Waals surface area contributed by atoms with E-state index in [9.17, 15) is 9.90 Å². The van der Waals surface area contributed by atoms with E-state index in [-0.39, 0.29) is 11.3 Å². The maximum atomic E-state index is 13.3. The number of methoxy groups -OCH3 is 1. The van der Waals surface area contributed by atoms with Crippen molar-refractivity contribution in [1.82, 2.24) is 14.7 Å². The molecule has 35 heavy (non-hydrogen) atoms. The molecular formula is C29H37N3O3. The lowest BCUT2D eigenvalue weighted by Gasteiger charge is -2.36. The largest absolute Gasteiger partial charge is 0.507 e. The minimum absolute atomic E-state index is 0.200. The highest BCUT2D eigenvalue weighted by atomic mass is 16.5. The zero-order chi connectivity index (χ0) is 24.3. The molecule has 1 spiro atoms. The first kappa shape index (κ1) is 23.9. The monoisotopic (exact) mass is 475 g/mol. The first-order valence-electron chi connectivity index (χ1n) is 12.9. The minimum Gasteiger partial charge on any atom is -0.507 e. The van der Waals surface area contributed by atoms with Crippen LogP contribution in [-0.4, -0.2) is 78.6 Å². The van der Waals surface area contributed by atoms with Crippen LogP contribution in [0.25, 0.3) is 6.08 Å². The molecule has 2 saturated heterocycles. The van der Waals surface area contributed by atoms with Crippen molar-refractivity contribution in [2.75, 3.05) is 52.9 Å². The Morgan fingerprint density at radius 1 is 1.00 bits per heavy atom. The predicted molar refractivity (Wildman–Crippen MR) is 138 cm³/mol. The molecule has 5 rings (SSSR count). The summed E-state index contributed by atoms with van der Waals surface area (Å²) in [6, 6.07) is 15.8. The summed E-state index contributed by atoms with van der Waals surface area (Å²) in [4.78, 5) is 20.2. The molecule has 2 aromatic carbocycles. The van der Waals surface area contributed by atoms with E-state index in [1.807, 2.05) is 18.2 Å². The van der Waals surface area contributed by atoms with Crippen LogP contribution in [-0.2, 0) is 11.3 Å². The van der Waals surface area contributed by atoms with Crippen molar-refractivity contribution in [1.29, 1.82) is 0 Å². The topological polar surface area (TPSA) is 56.3 Å². The molecule has 1 unspecified atom stereocenters. The molecule has 1 amide bonds. The van der Waals surface area contributed by atoms with Gasteiger partial charge in [-0.2, -0.15) is 0 Å². The maximum Gasteiger partial charge on any atom is 0.226 e. The van der Waals surface area contributed by atoms with E-state index in [1.165, 1.54) is 5.56 Å². The van der Waals surface area contributed by atoms with Gasteiger partial charge >= 0.3 is 0 Å². The summed E-state index contributed by atoms with van der Waals surface area (Å²) in [6.45, 7) is 7.10. The second kappa shape index (κ2) is 10.4. The predicted octanol–water partition coefficient (Wildman–Crippen LogP) is 3.86. The van der Waals surface area contributed by atoms with Gasteiger partial charge in [0.2, 0.25) is 5.91 Å². The Kier molecular flexibility index (Phi) is 7.12. The normalized spacial score (nSPS) is 22.5. The van der Waals surface area contributed by atoms with E-state index in [4.69, 9.17) is 4.74 Å². The van der Waals surface area contributed by atoms with Crippen molar-refractivity contribution in [3.63, 3.8) is 0 Å². The summed E-state index contributed by atoms with van der Waals surface area (Å²) < 4.78 is 5.44. The van der Waals surface area contributed by atoms with Gasteiger partial charge in [-0.05, 0) is 55.5 Å². The van der Waals surface area contributed by atoms with E-state index < -0.39 is 0 Å². The van der Waals surface area contributed by atoms with E-state index in [2.05, 4.69) is 51.1 Å². The minimum atomic E-state index is 0.200. The van der Waals surface area contributed by atoms with Gasteiger partial charge in [0.15, 0.2) is 0 Å². The number of nitrogens with zero attached hydrogens (tertiary/aromatic N) is 3. The lowest BCUT2D eigenvalue weighted by molar-refractivity contribution is -0.135. The van der Waals surface area contributed by atoms with Crippen LogP contribution in [0.5, 0.6) is 11.5 Å². The number of aromatic hydroxyl groups is 1. The Balaban J connectivity index is 1.06. The van der Waals surface area contributed by atoms with Gasteiger partial charge in [-0.25, -0.2) is 0 Å². The van der Waals surface area contributed by atoms with Gasteiger partial charge in [0.05, 0.1) is 7.11 Å². The molecule has 3 aliphatic rings. The molecule has 6 nitrogen and oxygen atoms in total. The number of piperazine rings is 1. The fourth-order valence-corrected chi connectivity index (χ4v) is 5.81. The number of ether oxygens (including phenoxy) is 1. The molecular weight excluding hydrogens is 438 g/mol. The first-order valence-corrected chi connectivity index (χ1v) is 12.9. The van der Waals surface area contributed by atoms with Gasteiger partial charge in [0.1, 0.15) is 11.5 Å².